The van der Waals surface area contributed by atoms with Crippen molar-refractivity contribution in [2.24, 2.45) is 0 Å². The molecule has 6 nitrogen and oxygen atoms in total. The first-order chi connectivity index (χ1) is 15.2. The lowest BCUT2D eigenvalue weighted by Crippen LogP contribution is -2.19. The average molecular weight is 426 g/mol. The van der Waals surface area contributed by atoms with Crippen molar-refractivity contribution in [3.05, 3.63) is 96.3 Å². The molecule has 3 aromatic carbocycles. The van der Waals surface area contributed by atoms with Crippen LogP contribution >= 0.6 is 11.8 Å². The Morgan fingerprint density at radius 2 is 1.58 bits per heavy atom. The SMILES string of the molecule is Cc1nc2c3ccccc3nc(SC(C(=O)Nc3ccccc3)c3ccccc3)n2n1. The van der Waals surface area contributed by atoms with E-state index in [0.717, 1.165) is 27.8 Å². The Hall–Kier alpha value is -3.71. The molecular formula is C24H19N5OS. The minimum Gasteiger partial charge on any atom is -0.325 e. The average Bonchev–Trinajstić information content (AvgIpc) is 3.20. The number of nitrogens with one attached hydrogen (secondary N) is 1. The molecule has 0 fully saturated rings. The van der Waals surface area contributed by atoms with Gasteiger partial charge >= 0.3 is 0 Å². The number of hydrogen-bond acceptors (Lipinski definition) is 5. The largest absolute Gasteiger partial charge is 0.325 e. The first-order valence-electron chi connectivity index (χ1n) is 9.89. The van der Waals surface area contributed by atoms with Crippen LogP contribution in [0.5, 0.6) is 0 Å². The summed E-state index contributed by atoms with van der Waals surface area (Å²) in [6.45, 7) is 1.85. The zero-order valence-corrected chi connectivity index (χ0v) is 17.6. The molecular weight excluding hydrogens is 406 g/mol. The smallest absolute Gasteiger partial charge is 0.242 e. The van der Waals surface area contributed by atoms with E-state index in [1.807, 2.05) is 91.9 Å². The van der Waals surface area contributed by atoms with Gasteiger partial charge in [-0.25, -0.2) is 9.97 Å². The number of aromatic nitrogens is 4. The summed E-state index contributed by atoms with van der Waals surface area (Å²) in [4.78, 5) is 22.7. The van der Waals surface area contributed by atoms with Gasteiger partial charge in [0.15, 0.2) is 10.8 Å². The van der Waals surface area contributed by atoms with Crippen molar-refractivity contribution in [1.29, 1.82) is 0 Å². The number of rotatable bonds is 5. The number of carbonyl (C=O) groups is 1. The van der Waals surface area contributed by atoms with Gasteiger partial charge in [0, 0.05) is 11.1 Å². The Kier molecular flexibility index (Phi) is 5.09. The molecule has 0 saturated carbocycles. The van der Waals surface area contributed by atoms with Crippen molar-refractivity contribution >= 4 is 39.9 Å². The number of amides is 1. The summed E-state index contributed by atoms with van der Waals surface area (Å²) in [6, 6.07) is 27.0. The number of aryl methyl sites for hydroxylation is 1. The van der Waals surface area contributed by atoms with Crippen LogP contribution in [0.2, 0.25) is 0 Å². The molecule has 7 heteroatoms. The lowest BCUT2D eigenvalue weighted by molar-refractivity contribution is -0.115. The highest BCUT2D eigenvalue weighted by atomic mass is 32.2. The van der Waals surface area contributed by atoms with E-state index in [4.69, 9.17) is 4.98 Å². The lowest BCUT2D eigenvalue weighted by atomic mass is 10.1. The van der Waals surface area contributed by atoms with Crippen LogP contribution in [0, 0.1) is 6.92 Å². The molecule has 2 aromatic heterocycles. The summed E-state index contributed by atoms with van der Waals surface area (Å²) in [7, 11) is 0. The molecule has 5 rings (SSSR count). The minimum atomic E-state index is -0.511. The Morgan fingerprint density at radius 1 is 0.903 bits per heavy atom. The fourth-order valence-electron chi connectivity index (χ4n) is 3.45. The predicted molar refractivity (Wildman–Crippen MR) is 123 cm³/mol. The van der Waals surface area contributed by atoms with Crippen LogP contribution in [0.15, 0.2) is 90.1 Å². The topological polar surface area (TPSA) is 72.2 Å². The van der Waals surface area contributed by atoms with Gasteiger partial charge in [0.1, 0.15) is 11.1 Å². The number of para-hydroxylation sites is 2. The standard InChI is InChI=1S/C24H19N5OS/c1-16-25-22-19-14-8-9-15-20(19)27-24(29(22)28-16)31-21(17-10-4-2-5-11-17)23(30)26-18-12-6-3-7-13-18/h2-15,21H,1H3,(H,26,30). The maximum absolute atomic E-state index is 13.3. The number of benzene rings is 3. The number of thioether (sulfide) groups is 1. The molecule has 31 heavy (non-hydrogen) atoms. The van der Waals surface area contributed by atoms with Crippen LogP contribution in [-0.4, -0.2) is 25.5 Å². The van der Waals surface area contributed by atoms with Crippen LogP contribution < -0.4 is 5.32 Å². The second-order valence-corrected chi connectivity index (χ2v) is 8.14. The zero-order valence-electron chi connectivity index (χ0n) is 16.8. The van der Waals surface area contributed by atoms with E-state index in [2.05, 4.69) is 15.4 Å². The van der Waals surface area contributed by atoms with E-state index in [-0.39, 0.29) is 5.91 Å². The molecule has 5 aromatic rings. The summed E-state index contributed by atoms with van der Waals surface area (Å²) in [6.07, 6.45) is 0. The van der Waals surface area contributed by atoms with Gasteiger partial charge in [-0.1, -0.05) is 72.4 Å². The Morgan fingerprint density at radius 3 is 2.35 bits per heavy atom. The van der Waals surface area contributed by atoms with Gasteiger partial charge in [-0.3, -0.25) is 4.79 Å². The summed E-state index contributed by atoms with van der Waals surface area (Å²) in [5, 5.41) is 8.60. The van der Waals surface area contributed by atoms with Crippen LogP contribution in [0.4, 0.5) is 5.69 Å². The van der Waals surface area contributed by atoms with E-state index in [1.54, 1.807) is 4.52 Å². The van der Waals surface area contributed by atoms with Gasteiger partial charge < -0.3 is 5.32 Å². The van der Waals surface area contributed by atoms with Crippen molar-refractivity contribution in [1.82, 2.24) is 19.6 Å². The van der Waals surface area contributed by atoms with Crippen molar-refractivity contribution in [2.75, 3.05) is 5.32 Å². The third-order valence-electron chi connectivity index (χ3n) is 4.86. The molecule has 1 amide bonds. The Labute approximate surface area is 183 Å². The molecule has 0 aliphatic rings. The van der Waals surface area contributed by atoms with Crippen molar-refractivity contribution < 1.29 is 4.79 Å². The second-order valence-electron chi connectivity index (χ2n) is 7.07. The molecule has 0 bridgehead atoms. The summed E-state index contributed by atoms with van der Waals surface area (Å²) >= 11 is 1.36. The van der Waals surface area contributed by atoms with Crippen molar-refractivity contribution in [3.63, 3.8) is 0 Å². The van der Waals surface area contributed by atoms with Gasteiger partial charge in [-0.2, -0.15) is 4.52 Å². The lowest BCUT2D eigenvalue weighted by Gasteiger charge is -2.17. The summed E-state index contributed by atoms with van der Waals surface area (Å²) in [5.41, 5.74) is 3.20. The monoisotopic (exact) mass is 425 g/mol. The molecule has 1 atom stereocenters. The van der Waals surface area contributed by atoms with E-state index in [0.29, 0.717) is 11.0 Å². The van der Waals surface area contributed by atoms with E-state index in [9.17, 15) is 4.79 Å². The van der Waals surface area contributed by atoms with Crippen LogP contribution in [-0.2, 0) is 4.79 Å². The van der Waals surface area contributed by atoms with Crippen molar-refractivity contribution in [3.8, 4) is 0 Å². The normalized spacial score (nSPS) is 12.2. The molecule has 0 aliphatic heterocycles. The molecule has 0 aliphatic carbocycles. The summed E-state index contributed by atoms with van der Waals surface area (Å²) < 4.78 is 1.73. The summed E-state index contributed by atoms with van der Waals surface area (Å²) in [5.74, 6) is 0.535. The highest BCUT2D eigenvalue weighted by Gasteiger charge is 2.25. The number of anilines is 1. The fourth-order valence-corrected chi connectivity index (χ4v) is 4.49. The molecule has 0 spiro atoms. The van der Waals surface area contributed by atoms with Gasteiger partial charge in [-0.05, 0) is 36.8 Å². The third-order valence-corrected chi connectivity index (χ3v) is 6.06. The van der Waals surface area contributed by atoms with Crippen LogP contribution in [0.25, 0.3) is 16.6 Å². The number of nitrogens with zero attached hydrogens (tertiary/aromatic N) is 4. The number of carbonyl (C=O) groups excluding carboxylic acids is 1. The fraction of sp³-hybridized carbons (Fsp3) is 0.0833. The minimum absolute atomic E-state index is 0.123. The Balaban J connectivity index is 1.59. The van der Waals surface area contributed by atoms with Crippen LogP contribution in [0.3, 0.4) is 0 Å². The highest BCUT2D eigenvalue weighted by molar-refractivity contribution is 8.00. The first-order valence-corrected chi connectivity index (χ1v) is 10.8. The highest BCUT2D eigenvalue weighted by Crippen LogP contribution is 2.36. The molecule has 2 heterocycles. The molecule has 0 saturated heterocycles. The van der Waals surface area contributed by atoms with Gasteiger partial charge in [0.25, 0.3) is 0 Å². The van der Waals surface area contributed by atoms with Crippen LogP contribution in [0.1, 0.15) is 16.6 Å². The van der Waals surface area contributed by atoms with Gasteiger partial charge in [-0.15, -0.1) is 5.10 Å². The van der Waals surface area contributed by atoms with Gasteiger partial charge in [0.05, 0.1) is 5.52 Å². The number of fused-ring (bicyclic) bond motifs is 3. The quantitative estimate of drug-likeness (QED) is 0.315. The maximum Gasteiger partial charge on any atom is 0.242 e. The van der Waals surface area contributed by atoms with Crippen molar-refractivity contribution in [2.45, 2.75) is 17.3 Å². The third kappa shape index (κ3) is 3.87. The second kappa shape index (κ2) is 8.20. The van der Waals surface area contributed by atoms with Gasteiger partial charge in [0.2, 0.25) is 5.91 Å². The molecule has 1 N–H and O–H groups in total. The first kappa shape index (κ1) is 19.3. The zero-order chi connectivity index (χ0) is 21.2. The number of hydrogen-bond donors (Lipinski definition) is 1. The predicted octanol–water partition coefficient (Wildman–Crippen LogP) is 5.06. The van der Waals surface area contributed by atoms with E-state index < -0.39 is 5.25 Å². The molecule has 1 unspecified atom stereocenters. The molecule has 0 radical (unpaired) electrons. The van der Waals surface area contributed by atoms with E-state index >= 15 is 0 Å². The van der Waals surface area contributed by atoms with E-state index in [1.165, 1.54) is 11.8 Å². The molecule has 152 valence electrons. The Bertz CT molecular complexity index is 1370. The maximum atomic E-state index is 13.3.